The molecule has 0 aromatic carbocycles. The Hall–Kier alpha value is -2.37. The van der Waals surface area contributed by atoms with E-state index >= 15 is 0 Å². The SMILES string of the molecule is C=CC(=O)O.C=CC(=O)OC(CCC)OC(=O)C=C. The quantitative estimate of drug-likeness (QED) is 0.431. The number of carboxylic acid groups (broad SMARTS) is 1. The van der Waals surface area contributed by atoms with Crippen LogP contribution in [0.1, 0.15) is 19.8 Å². The lowest BCUT2D eigenvalue weighted by atomic mass is 10.3. The van der Waals surface area contributed by atoms with Crippen molar-refractivity contribution in [2.75, 3.05) is 0 Å². The standard InChI is InChI=1S/C10H14O4.C3H4O2/c1-4-7-10(13-8(11)5-2)14-9(12)6-3;1-2-3(4)5/h5-6,10H,2-4,7H2,1H3;2H,1H2,(H,4,5). The third kappa shape index (κ3) is 13.6. The van der Waals surface area contributed by atoms with Crippen LogP contribution < -0.4 is 0 Å². The summed E-state index contributed by atoms with van der Waals surface area (Å²) < 4.78 is 9.53. The molecular weight excluding hydrogens is 252 g/mol. The molecule has 0 rings (SSSR count). The van der Waals surface area contributed by atoms with Gasteiger partial charge < -0.3 is 14.6 Å². The molecule has 0 aromatic rings. The van der Waals surface area contributed by atoms with Gasteiger partial charge in [-0.25, -0.2) is 14.4 Å². The highest BCUT2D eigenvalue weighted by atomic mass is 16.7. The van der Waals surface area contributed by atoms with Crippen molar-refractivity contribution < 1.29 is 29.0 Å². The van der Waals surface area contributed by atoms with E-state index in [0.29, 0.717) is 6.42 Å². The molecule has 0 aliphatic carbocycles. The van der Waals surface area contributed by atoms with E-state index in [2.05, 4.69) is 19.7 Å². The van der Waals surface area contributed by atoms with Gasteiger partial charge in [0.2, 0.25) is 6.29 Å². The lowest BCUT2D eigenvalue weighted by Crippen LogP contribution is -2.22. The Kier molecular flexibility index (Phi) is 12.1. The van der Waals surface area contributed by atoms with Crippen molar-refractivity contribution in [1.82, 2.24) is 0 Å². The largest absolute Gasteiger partial charge is 0.478 e. The number of hydrogen-bond donors (Lipinski definition) is 1. The Bertz CT molecular complexity index is 323. The second-order valence-corrected chi connectivity index (χ2v) is 3.04. The Labute approximate surface area is 112 Å². The summed E-state index contributed by atoms with van der Waals surface area (Å²) in [6.45, 7) is 11.3. The summed E-state index contributed by atoms with van der Waals surface area (Å²) in [5.41, 5.74) is 0. The van der Waals surface area contributed by atoms with Crippen molar-refractivity contribution in [3.8, 4) is 0 Å². The number of carbonyl (C=O) groups excluding carboxylic acids is 2. The van der Waals surface area contributed by atoms with Crippen molar-refractivity contribution in [2.45, 2.75) is 26.1 Å². The lowest BCUT2D eigenvalue weighted by Gasteiger charge is -2.15. The summed E-state index contributed by atoms with van der Waals surface area (Å²) in [6, 6.07) is 0. The predicted molar refractivity (Wildman–Crippen MR) is 69.1 cm³/mol. The highest BCUT2D eigenvalue weighted by Crippen LogP contribution is 2.05. The topological polar surface area (TPSA) is 89.9 Å². The molecule has 0 amide bonds. The van der Waals surface area contributed by atoms with Crippen molar-refractivity contribution in [2.24, 2.45) is 0 Å². The van der Waals surface area contributed by atoms with Crippen LogP contribution in [0.4, 0.5) is 0 Å². The first-order chi connectivity index (χ1) is 8.90. The second kappa shape index (κ2) is 12.1. The first-order valence-corrected chi connectivity index (χ1v) is 5.42. The van der Waals surface area contributed by atoms with Gasteiger partial charge in [0.05, 0.1) is 0 Å². The van der Waals surface area contributed by atoms with Crippen LogP contribution in [-0.4, -0.2) is 29.3 Å². The van der Waals surface area contributed by atoms with Gasteiger partial charge in [0.1, 0.15) is 0 Å². The fourth-order valence-corrected chi connectivity index (χ4v) is 0.733. The first-order valence-electron chi connectivity index (χ1n) is 5.42. The Balaban J connectivity index is 0. The van der Waals surface area contributed by atoms with Gasteiger partial charge in [0.25, 0.3) is 0 Å². The fourth-order valence-electron chi connectivity index (χ4n) is 0.733. The van der Waals surface area contributed by atoms with Gasteiger partial charge in [0, 0.05) is 24.6 Å². The van der Waals surface area contributed by atoms with Crippen LogP contribution in [0.2, 0.25) is 0 Å². The highest BCUT2D eigenvalue weighted by Gasteiger charge is 2.14. The lowest BCUT2D eigenvalue weighted by molar-refractivity contribution is -0.181. The zero-order valence-electron chi connectivity index (χ0n) is 10.8. The highest BCUT2D eigenvalue weighted by molar-refractivity contribution is 5.83. The smallest absolute Gasteiger partial charge is 0.333 e. The molecule has 0 bridgehead atoms. The van der Waals surface area contributed by atoms with Crippen LogP contribution in [-0.2, 0) is 23.9 Å². The zero-order chi connectivity index (χ0) is 15.3. The van der Waals surface area contributed by atoms with Crippen LogP contribution in [0.15, 0.2) is 38.0 Å². The van der Waals surface area contributed by atoms with Gasteiger partial charge in [-0.2, -0.15) is 0 Å². The fraction of sp³-hybridized carbons (Fsp3) is 0.308. The molecule has 0 radical (unpaired) electrons. The van der Waals surface area contributed by atoms with E-state index in [4.69, 9.17) is 14.6 Å². The maximum absolute atomic E-state index is 10.8. The van der Waals surface area contributed by atoms with Crippen molar-refractivity contribution in [3.63, 3.8) is 0 Å². The Morgan fingerprint density at radius 3 is 1.63 bits per heavy atom. The minimum Gasteiger partial charge on any atom is -0.478 e. The number of carbonyl (C=O) groups is 3. The summed E-state index contributed by atoms with van der Waals surface area (Å²) in [7, 11) is 0. The molecule has 0 saturated carbocycles. The monoisotopic (exact) mass is 270 g/mol. The van der Waals surface area contributed by atoms with E-state index < -0.39 is 24.2 Å². The number of rotatable bonds is 7. The van der Waals surface area contributed by atoms with E-state index in [1.807, 2.05) is 6.92 Å². The zero-order valence-corrected chi connectivity index (χ0v) is 10.8. The van der Waals surface area contributed by atoms with E-state index in [1.165, 1.54) is 0 Å². The third-order valence-electron chi connectivity index (χ3n) is 1.53. The molecule has 0 unspecified atom stereocenters. The molecule has 6 heteroatoms. The maximum atomic E-state index is 10.8. The molecule has 0 saturated heterocycles. The second-order valence-electron chi connectivity index (χ2n) is 3.04. The number of ether oxygens (including phenoxy) is 2. The first kappa shape index (κ1) is 19.0. The molecule has 6 nitrogen and oxygen atoms in total. The van der Waals surface area contributed by atoms with Gasteiger partial charge in [-0.1, -0.05) is 26.7 Å². The molecule has 0 aliphatic rings. The summed E-state index contributed by atoms with van der Waals surface area (Å²) in [5.74, 6) is -2.20. The normalized spacial score (nSPS) is 8.53. The van der Waals surface area contributed by atoms with Gasteiger partial charge in [0.15, 0.2) is 0 Å². The van der Waals surface area contributed by atoms with Crippen LogP contribution in [0.5, 0.6) is 0 Å². The number of aliphatic carboxylic acids is 1. The number of hydrogen-bond acceptors (Lipinski definition) is 5. The minimum absolute atomic E-state index is 0.458. The summed E-state index contributed by atoms with van der Waals surface area (Å²) in [4.78, 5) is 30.9. The third-order valence-corrected chi connectivity index (χ3v) is 1.53. The summed E-state index contributed by atoms with van der Waals surface area (Å²) >= 11 is 0. The van der Waals surface area contributed by atoms with Crippen LogP contribution >= 0.6 is 0 Å². The molecule has 0 fully saturated rings. The maximum Gasteiger partial charge on any atom is 0.333 e. The van der Waals surface area contributed by atoms with Crippen molar-refractivity contribution in [3.05, 3.63) is 38.0 Å². The number of carboxylic acids is 1. The molecule has 0 aromatic heterocycles. The minimum atomic E-state index is -0.981. The molecule has 0 atom stereocenters. The molecule has 0 heterocycles. The number of esters is 2. The van der Waals surface area contributed by atoms with Crippen molar-refractivity contribution >= 4 is 17.9 Å². The molecular formula is C13H18O6. The van der Waals surface area contributed by atoms with E-state index in [9.17, 15) is 14.4 Å². The summed E-state index contributed by atoms with van der Waals surface area (Å²) in [6.07, 6.45) is 3.21. The van der Waals surface area contributed by atoms with Crippen LogP contribution in [0.3, 0.4) is 0 Å². The van der Waals surface area contributed by atoms with Crippen LogP contribution in [0, 0.1) is 0 Å². The van der Waals surface area contributed by atoms with Gasteiger partial charge >= 0.3 is 17.9 Å². The van der Waals surface area contributed by atoms with Gasteiger partial charge in [-0.05, 0) is 6.42 Å². The average molecular weight is 270 g/mol. The van der Waals surface area contributed by atoms with Crippen molar-refractivity contribution in [1.29, 1.82) is 0 Å². The Morgan fingerprint density at radius 1 is 1.05 bits per heavy atom. The van der Waals surface area contributed by atoms with Gasteiger partial charge in [-0.3, -0.25) is 0 Å². The Morgan fingerprint density at radius 2 is 1.42 bits per heavy atom. The molecule has 0 spiro atoms. The molecule has 1 N–H and O–H groups in total. The van der Waals surface area contributed by atoms with E-state index in [-0.39, 0.29) is 0 Å². The van der Waals surface area contributed by atoms with Crippen LogP contribution in [0.25, 0.3) is 0 Å². The molecule has 0 aliphatic heterocycles. The average Bonchev–Trinajstić information content (AvgIpc) is 2.39. The molecule has 19 heavy (non-hydrogen) atoms. The summed E-state index contributed by atoms with van der Waals surface area (Å²) in [5, 5.41) is 7.60. The predicted octanol–water partition coefficient (Wildman–Crippen LogP) is 1.83. The van der Waals surface area contributed by atoms with Gasteiger partial charge in [-0.15, -0.1) is 0 Å². The molecule has 106 valence electrons. The van der Waals surface area contributed by atoms with E-state index in [0.717, 1.165) is 24.6 Å². The van der Waals surface area contributed by atoms with E-state index in [1.54, 1.807) is 0 Å².